The van der Waals surface area contributed by atoms with Crippen molar-refractivity contribution < 1.29 is 13.2 Å². The molecule has 30 heavy (non-hydrogen) atoms. The molecule has 0 saturated heterocycles. The van der Waals surface area contributed by atoms with Crippen molar-refractivity contribution in [3.05, 3.63) is 77.9 Å². The number of carbonyl (C=O) groups is 1. The van der Waals surface area contributed by atoms with Gasteiger partial charge in [0.25, 0.3) is 5.91 Å². The fourth-order valence-corrected chi connectivity index (χ4v) is 4.71. The van der Waals surface area contributed by atoms with E-state index in [2.05, 4.69) is 15.6 Å². The molecule has 0 radical (unpaired) electrons. The highest BCUT2D eigenvalue weighted by atomic mass is 32.2. The molecule has 2 heterocycles. The van der Waals surface area contributed by atoms with Crippen LogP contribution in [0.1, 0.15) is 10.5 Å². The minimum Gasteiger partial charge on any atom is -0.397 e. The van der Waals surface area contributed by atoms with Gasteiger partial charge >= 0.3 is 0 Å². The Balaban J connectivity index is 1.51. The summed E-state index contributed by atoms with van der Waals surface area (Å²) in [4.78, 5) is 13.8. The first kappa shape index (κ1) is 19.8. The summed E-state index contributed by atoms with van der Waals surface area (Å²) in [6.45, 7) is 0. The molecule has 0 atom stereocenters. The molecular formula is C20H17N5O3S2. The number of aromatic nitrogens is 3. The van der Waals surface area contributed by atoms with Crippen LogP contribution in [0.4, 0.5) is 11.4 Å². The maximum absolute atomic E-state index is 12.6. The number of anilines is 2. The Bertz CT molecular complexity index is 1280. The minimum atomic E-state index is -3.61. The zero-order valence-electron chi connectivity index (χ0n) is 15.6. The number of rotatable bonds is 6. The van der Waals surface area contributed by atoms with Crippen LogP contribution in [0.25, 0.3) is 10.4 Å². The summed E-state index contributed by atoms with van der Waals surface area (Å²) in [6.07, 6.45) is 1.29. The first-order valence-electron chi connectivity index (χ1n) is 8.85. The fourth-order valence-electron chi connectivity index (χ4n) is 2.79. The van der Waals surface area contributed by atoms with Gasteiger partial charge in [-0.2, -0.15) is 0 Å². The smallest absolute Gasteiger partial charge is 0.277 e. The molecule has 0 aliphatic carbocycles. The molecular weight excluding hydrogens is 422 g/mol. The van der Waals surface area contributed by atoms with Gasteiger partial charge in [0.15, 0.2) is 15.5 Å². The van der Waals surface area contributed by atoms with Crippen molar-refractivity contribution in [2.45, 2.75) is 10.8 Å². The van der Waals surface area contributed by atoms with Crippen LogP contribution in [-0.2, 0) is 15.7 Å². The highest BCUT2D eigenvalue weighted by Gasteiger charge is 2.18. The summed E-state index contributed by atoms with van der Waals surface area (Å²) in [6, 6.07) is 17.3. The van der Waals surface area contributed by atoms with Gasteiger partial charge in [-0.1, -0.05) is 35.5 Å². The second-order valence-electron chi connectivity index (χ2n) is 6.43. The summed E-state index contributed by atoms with van der Waals surface area (Å²) < 4.78 is 26.0. The van der Waals surface area contributed by atoms with E-state index in [0.29, 0.717) is 11.4 Å². The molecule has 4 aromatic rings. The van der Waals surface area contributed by atoms with E-state index in [1.165, 1.54) is 18.3 Å². The maximum Gasteiger partial charge on any atom is 0.277 e. The summed E-state index contributed by atoms with van der Waals surface area (Å²) in [5.41, 5.74) is 7.75. The number of carbonyl (C=O) groups excluding carboxylic acids is 1. The van der Waals surface area contributed by atoms with E-state index >= 15 is 0 Å². The standard InChI is InChI=1S/C20H17N5O3S2/c21-16-9-8-14(19-7-4-10-29-19)11-17(16)22-20(26)18-12-25(24-23-18)13-30(27,28)15-5-2-1-3-6-15/h1-12H,13,21H2,(H,22,26). The number of nitrogens with zero attached hydrogens (tertiary/aromatic N) is 3. The fraction of sp³-hybridized carbons (Fsp3) is 0.0500. The number of thiophene rings is 1. The zero-order chi connectivity index (χ0) is 21.1. The first-order valence-corrected chi connectivity index (χ1v) is 11.4. The lowest BCUT2D eigenvalue weighted by Gasteiger charge is -2.08. The molecule has 3 N–H and O–H groups in total. The van der Waals surface area contributed by atoms with Gasteiger partial charge in [0.1, 0.15) is 5.88 Å². The van der Waals surface area contributed by atoms with Crippen molar-refractivity contribution in [3.8, 4) is 10.4 Å². The van der Waals surface area contributed by atoms with Gasteiger partial charge in [-0.25, -0.2) is 13.1 Å². The molecule has 0 bridgehead atoms. The van der Waals surface area contributed by atoms with Crippen LogP contribution in [0.15, 0.2) is 77.1 Å². The molecule has 8 nitrogen and oxygen atoms in total. The molecule has 0 unspecified atom stereocenters. The van der Waals surface area contributed by atoms with E-state index in [4.69, 9.17) is 5.73 Å². The Hall–Kier alpha value is -3.50. The third-order valence-corrected chi connectivity index (χ3v) is 6.80. The number of amides is 1. The van der Waals surface area contributed by atoms with E-state index in [0.717, 1.165) is 15.1 Å². The molecule has 0 aliphatic rings. The summed E-state index contributed by atoms with van der Waals surface area (Å²) in [7, 11) is -3.61. The molecule has 1 amide bonds. The van der Waals surface area contributed by atoms with Crippen molar-refractivity contribution in [1.29, 1.82) is 0 Å². The van der Waals surface area contributed by atoms with Crippen LogP contribution >= 0.6 is 11.3 Å². The molecule has 0 aliphatic heterocycles. The first-order chi connectivity index (χ1) is 14.4. The lowest BCUT2D eigenvalue weighted by Crippen LogP contribution is -2.14. The Morgan fingerprint density at radius 2 is 1.90 bits per heavy atom. The molecule has 0 fully saturated rings. The van der Waals surface area contributed by atoms with Crippen LogP contribution in [0, 0.1) is 0 Å². The van der Waals surface area contributed by atoms with Crippen molar-refractivity contribution in [3.63, 3.8) is 0 Å². The molecule has 0 spiro atoms. The summed E-state index contributed by atoms with van der Waals surface area (Å²) >= 11 is 1.58. The average molecular weight is 440 g/mol. The molecule has 2 aromatic carbocycles. The monoisotopic (exact) mass is 439 g/mol. The van der Waals surface area contributed by atoms with E-state index in [9.17, 15) is 13.2 Å². The maximum atomic E-state index is 12.6. The quantitative estimate of drug-likeness (QED) is 0.445. The third-order valence-electron chi connectivity index (χ3n) is 4.28. The Morgan fingerprint density at radius 3 is 2.63 bits per heavy atom. The van der Waals surface area contributed by atoms with E-state index in [1.807, 2.05) is 23.6 Å². The van der Waals surface area contributed by atoms with Crippen molar-refractivity contribution >= 4 is 38.5 Å². The van der Waals surface area contributed by atoms with E-state index < -0.39 is 21.6 Å². The summed E-state index contributed by atoms with van der Waals surface area (Å²) in [5, 5.41) is 12.2. The number of nitrogens with one attached hydrogen (secondary N) is 1. The van der Waals surface area contributed by atoms with E-state index in [1.54, 1.807) is 41.7 Å². The topological polar surface area (TPSA) is 120 Å². The number of sulfone groups is 1. The number of nitrogens with two attached hydrogens (primary N) is 1. The number of benzene rings is 2. The Kier molecular flexibility index (Phi) is 5.34. The second kappa shape index (κ2) is 8.09. The Morgan fingerprint density at radius 1 is 1.10 bits per heavy atom. The van der Waals surface area contributed by atoms with Gasteiger partial charge in [-0.15, -0.1) is 16.4 Å². The highest BCUT2D eigenvalue weighted by molar-refractivity contribution is 7.90. The van der Waals surface area contributed by atoms with Gasteiger partial charge in [0.2, 0.25) is 0 Å². The lowest BCUT2D eigenvalue weighted by molar-refractivity contribution is 0.102. The normalized spacial score (nSPS) is 11.3. The predicted octanol–water partition coefficient (Wildman–Crippen LogP) is 3.27. The minimum absolute atomic E-state index is 0.0146. The van der Waals surface area contributed by atoms with Gasteiger partial charge in [-0.3, -0.25) is 4.79 Å². The number of hydrogen-bond donors (Lipinski definition) is 2. The zero-order valence-corrected chi connectivity index (χ0v) is 17.2. The van der Waals surface area contributed by atoms with Gasteiger partial charge in [0, 0.05) is 4.88 Å². The van der Waals surface area contributed by atoms with Crippen LogP contribution < -0.4 is 11.1 Å². The molecule has 10 heteroatoms. The van der Waals surface area contributed by atoms with Crippen LogP contribution in [0.3, 0.4) is 0 Å². The van der Waals surface area contributed by atoms with Crippen LogP contribution in [0.2, 0.25) is 0 Å². The number of hydrogen-bond acceptors (Lipinski definition) is 7. The molecule has 152 valence electrons. The SMILES string of the molecule is Nc1ccc(-c2cccs2)cc1NC(=O)c1cn(CS(=O)(=O)c2ccccc2)nn1. The Labute approximate surface area is 176 Å². The van der Waals surface area contributed by atoms with Gasteiger partial charge < -0.3 is 11.1 Å². The van der Waals surface area contributed by atoms with Crippen molar-refractivity contribution in [1.82, 2.24) is 15.0 Å². The van der Waals surface area contributed by atoms with E-state index in [-0.39, 0.29) is 10.6 Å². The second-order valence-corrected chi connectivity index (χ2v) is 9.34. The molecule has 4 rings (SSSR count). The molecule has 0 saturated carbocycles. The number of nitrogen functional groups attached to an aromatic ring is 1. The molecule has 2 aromatic heterocycles. The summed E-state index contributed by atoms with van der Waals surface area (Å²) in [5.74, 6) is -0.957. The average Bonchev–Trinajstić information content (AvgIpc) is 3.42. The lowest BCUT2D eigenvalue weighted by atomic mass is 10.1. The van der Waals surface area contributed by atoms with Crippen molar-refractivity contribution in [2.75, 3.05) is 11.1 Å². The van der Waals surface area contributed by atoms with Crippen molar-refractivity contribution in [2.24, 2.45) is 0 Å². The van der Waals surface area contributed by atoms with Crippen LogP contribution in [0.5, 0.6) is 0 Å². The highest BCUT2D eigenvalue weighted by Crippen LogP contribution is 2.30. The van der Waals surface area contributed by atoms with Crippen LogP contribution in [-0.4, -0.2) is 29.3 Å². The third kappa shape index (κ3) is 4.24. The van der Waals surface area contributed by atoms with Gasteiger partial charge in [-0.05, 0) is 41.3 Å². The van der Waals surface area contributed by atoms with Gasteiger partial charge in [0.05, 0.1) is 22.5 Å². The predicted molar refractivity (Wildman–Crippen MR) is 116 cm³/mol. The largest absolute Gasteiger partial charge is 0.397 e.